The second-order valence-corrected chi connectivity index (χ2v) is 5.20. The summed E-state index contributed by atoms with van der Waals surface area (Å²) in [6.07, 6.45) is 2.80. The number of amides is 3. The number of nitrogens with two attached hydrogens (primary N) is 1. The lowest BCUT2D eigenvalue weighted by Gasteiger charge is -2.47. The molecule has 18 heavy (non-hydrogen) atoms. The predicted molar refractivity (Wildman–Crippen MR) is 64.3 cm³/mol. The molecule has 2 rings (SSSR count). The van der Waals surface area contributed by atoms with Crippen LogP contribution in [0.2, 0.25) is 0 Å². The monoisotopic (exact) mass is 253 g/mol. The first kappa shape index (κ1) is 12.9. The number of nitrogens with one attached hydrogen (secondary N) is 1. The Kier molecular flexibility index (Phi) is 3.54. The zero-order valence-electron chi connectivity index (χ0n) is 10.4. The fourth-order valence-electron chi connectivity index (χ4n) is 2.66. The van der Waals surface area contributed by atoms with Gasteiger partial charge in [-0.1, -0.05) is 0 Å². The summed E-state index contributed by atoms with van der Waals surface area (Å²) in [7, 11) is 0. The SMILES string of the molecule is NC(=O)CCCC(=O)N1CCCC2(CNC2=O)C1. The Labute approximate surface area is 106 Å². The molecule has 1 unspecified atom stereocenters. The van der Waals surface area contributed by atoms with Gasteiger partial charge in [-0.2, -0.15) is 0 Å². The van der Waals surface area contributed by atoms with Crippen LogP contribution in [-0.2, 0) is 14.4 Å². The summed E-state index contributed by atoms with van der Waals surface area (Å²) in [6, 6.07) is 0. The lowest BCUT2D eigenvalue weighted by molar-refractivity contribution is -0.149. The summed E-state index contributed by atoms with van der Waals surface area (Å²) in [5.74, 6) is -0.288. The summed E-state index contributed by atoms with van der Waals surface area (Å²) in [6.45, 7) is 1.91. The maximum atomic E-state index is 12.0. The average molecular weight is 253 g/mol. The van der Waals surface area contributed by atoms with Gasteiger partial charge in [0, 0.05) is 32.5 Å². The topological polar surface area (TPSA) is 92.5 Å². The zero-order valence-corrected chi connectivity index (χ0v) is 10.4. The van der Waals surface area contributed by atoms with Gasteiger partial charge in [-0.15, -0.1) is 0 Å². The van der Waals surface area contributed by atoms with E-state index in [0.717, 1.165) is 12.8 Å². The number of primary amides is 1. The lowest BCUT2D eigenvalue weighted by Crippen LogP contribution is -2.65. The number of rotatable bonds is 4. The number of carbonyl (C=O) groups excluding carboxylic acids is 3. The zero-order chi connectivity index (χ0) is 13.2. The second kappa shape index (κ2) is 4.96. The van der Waals surface area contributed by atoms with Crippen LogP contribution in [0.3, 0.4) is 0 Å². The van der Waals surface area contributed by atoms with Gasteiger partial charge in [0.2, 0.25) is 17.7 Å². The van der Waals surface area contributed by atoms with Crippen molar-refractivity contribution in [1.29, 1.82) is 0 Å². The number of hydrogen-bond donors (Lipinski definition) is 2. The molecule has 1 spiro atoms. The normalized spacial score (nSPS) is 26.7. The molecule has 3 amide bonds. The van der Waals surface area contributed by atoms with E-state index in [1.165, 1.54) is 0 Å². The molecule has 2 fully saturated rings. The summed E-state index contributed by atoms with van der Waals surface area (Å²) >= 11 is 0. The second-order valence-electron chi connectivity index (χ2n) is 5.20. The molecule has 0 aromatic rings. The van der Waals surface area contributed by atoms with E-state index in [4.69, 9.17) is 5.73 Å². The Morgan fingerprint density at radius 1 is 1.39 bits per heavy atom. The molecule has 0 aromatic heterocycles. The third kappa shape index (κ3) is 2.47. The Bertz CT molecular complexity index is 383. The fourth-order valence-corrected chi connectivity index (χ4v) is 2.66. The minimum Gasteiger partial charge on any atom is -0.370 e. The summed E-state index contributed by atoms with van der Waals surface area (Å²) in [5, 5.41) is 2.75. The molecule has 0 aromatic carbocycles. The molecule has 0 saturated carbocycles. The van der Waals surface area contributed by atoms with Crippen molar-refractivity contribution in [3.05, 3.63) is 0 Å². The van der Waals surface area contributed by atoms with Crippen LogP contribution in [0.4, 0.5) is 0 Å². The van der Waals surface area contributed by atoms with Crippen molar-refractivity contribution in [1.82, 2.24) is 10.2 Å². The average Bonchev–Trinajstić information content (AvgIpc) is 2.36. The Balaban J connectivity index is 1.83. The van der Waals surface area contributed by atoms with Gasteiger partial charge >= 0.3 is 0 Å². The molecule has 0 radical (unpaired) electrons. The molecule has 1 atom stereocenters. The van der Waals surface area contributed by atoms with Gasteiger partial charge in [-0.3, -0.25) is 14.4 Å². The number of carbonyl (C=O) groups is 3. The van der Waals surface area contributed by atoms with Crippen LogP contribution >= 0.6 is 0 Å². The van der Waals surface area contributed by atoms with Crippen LogP contribution in [0.25, 0.3) is 0 Å². The third-order valence-corrected chi connectivity index (χ3v) is 3.81. The summed E-state index contributed by atoms with van der Waals surface area (Å²) in [4.78, 5) is 35.9. The highest BCUT2D eigenvalue weighted by atomic mass is 16.2. The molecule has 6 nitrogen and oxygen atoms in total. The van der Waals surface area contributed by atoms with Crippen molar-refractivity contribution in [3.63, 3.8) is 0 Å². The fraction of sp³-hybridized carbons (Fsp3) is 0.750. The first-order valence-electron chi connectivity index (χ1n) is 6.38. The maximum Gasteiger partial charge on any atom is 0.229 e. The van der Waals surface area contributed by atoms with E-state index < -0.39 is 0 Å². The lowest BCUT2D eigenvalue weighted by atomic mass is 9.74. The molecule has 3 N–H and O–H groups in total. The number of piperidine rings is 1. The van der Waals surface area contributed by atoms with E-state index in [9.17, 15) is 14.4 Å². The largest absolute Gasteiger partial charge is 0.370 e. The van der Waals surface area contributed by atoms with Gasteiger partial charge < -0.3 is 16.0 Å². The van der Waals surface area contributed by atoms with E-state index in [0.29, 0.717) is 32.5 Å². The quantitative estimate of drug-likeness (QED) is 0.654. The van der Waals surface area contributed by atoms with Gasteiger partial charge in [0.05, 0.1) is 5.41 Å². The predicted octanol–water partition coefficient (Wildman–Crippen LogP) is -0.619. The molecule has 2 aliphatic rings. The van der Waals surface area contributed by atoms with E-state index in [2.05, 4.69) is 5.32 Å². The standard InChI is InChI=1S/C12H19N3O3/c13-9(16)3-1-4-10(17)15-6-2-5-12(8-15)7-14-11(12)18/h1-8H2,(H2,13,16)(H,14,18). The van der Waals surface area contributed by atoms with Crippen molar-refractivity contribution < 1.29 is 14.4 Å². The van der Waals surface area contributed by atoms with Crippen molar-refractivity contribution in [2.24, 2.45) is 11.1 Å². The smallest absolute Gasteiger partial charge is 0.229 e. The molecular weight excluding hydrogens is 234 g/mol. The number of hydrogen-bond acceptors (Lipinski definition) is 3. The van der Waals surface area contributed by atoms with Crippen molar-refractivity contribution >= 4 is 17.7 Å². The minimum absolute atomic E-state index is 0.0232. The van der Waals surface area contributed by atoms with Crippen LogP contribution in [0.5, 0.6) is 0 Å². The van der Waals surface area contributed by atoms with E-state index in [1.807, 2.05) is 0 Å². The first-order chi connectivity index (χ1) is 8.53. The van der Waals surface area contributed by atoms with Crippen LogP contribution in [-0.4, -0.2) is 42.3 Å². The van der Waals surface area contributed by atoms with E-state index in [1.54, 1.807) is 4.90 Å². The Hall–Kier alpha value is -1.59. The molecule has 0 bridgehead atoms. The minimum atomic E-state index is -0.378. The van der Waals surface area contributed by atoms with Gasteiger partial charge in [-0.05, 0) is 19.3 Å². The third-order valence-electron chi connectivity index (χ3n) is 3.81. The van der Waals surface area contributed by atoms with Gasteiger partial charge in [-0.25, -0.2) is 0 Å². The summed E-state index contributed by atoms with van der Waals surface area (Å²) < 4.78 is 0. The molecule has 6 heteroatoms. The molecule has 2 heterocycles. The summed E-state index contributed by atoms with van der Waals surface area (Å²) in [5.41, 5.74) is 4.70. The van der Waals surface area contributed by atoms with Gasteiger partial charge in [0.15, 0.2) is 0 Å². The molecule has 2 aliphatic heterocycles. The molecule has 0 aliphatic carbocycles. The van der Waals surface area contributed by atoms with Gasteiger partial charge in [0.1, 0.15) is 0 Å². The number of β-lactam (4-membered cyclic amide) rings is 1. The van der Waals surface area contributed by atoms with E-state index >= 15 is 0 Å². The maximum absolute atomic E-state index is 12.0. The van der Waals surface area contributed by atoms with Gasteiger partial charge in [0.25, 0.3) is 0 Å². The highest BCUT2D eigenvalue weighted by molar-refractivity contribution is 5.90. The Morgan fingerprint density at radius 2 is 2.17 bits per heavy atom. The molecule has 2 saturated heterocycles. The van der Waals surface area contributed by atoms with Crippen molar-refractivity contribution in [2.45, 2.75) is 32.1 Å². The highest BCUT2D eigenvalue weighted by Gasteiger charge is 2.49. The number of nitrogens with zero attached hydrogens (tertiary/aromatic N) is 1. The van der Waals surface area contributed by atoms with Crippen LogP contribution in [0.1, 0.15) is 32.1 Å². The highest BCUT2D eigenvalue weighted by Crippen LogP contribution is 2.34. The van der Waals surface area contributed by atoms with Crippen LogP contribution in [0, 0.1) is 5.41 Å². The van der Waals surface area contributed by atoms with Crippen molar-refractivity contribution in [2.75, 3.05) is 19.6 Å². The van der Waals surface area contributed by atoms with Crippen LogP contribution < -0.4 is 11.1 Å². The Morgan fingerprint density at radius 3 is 2.72 bits per heavy atom. The van der Waals surface area contributed by atoms with Crippen LogP contribution in [0.15, 0.2) is 0 Å². The number of likely N-dealkylation sites (tertiary alicyclic amines) is 1. The van der Waals surface area contributed by atoms with E-state index in [-0.39, 0.29) is 29.6 Å². The van der Waals surface area contributed by atoms with Crippen molar-refractivity contribution in [3.8, 4) is 0 Å². The first-order valence-corrected chi connectivity index (χ1v) is 6.38. The molecular formula is C12H19N3O3. The molecule has 100 valence electrons.